The van der Waals surface area contributed by atoms with E-state index in [-0.39, 0.29) is 29.7 Å². The average molecular weight is 449 g/mol. The van der Waals surface area contributed by atoms with E-state index >= 15 is 0 Å². The Morgan fingerprint density at radius 3 is 2.74 bits per heavy atom. The van der Waals surface area contributed by atoms with Crippen molar-refractivity contribution < 1.29 is 9.50 Å². The summed E-state index contributed by atoms with van der Waals surface area (Å²) in [4.78, 5) is 4.15. The van der Waals surface area contributed by atoms with Crippen molar-refractivity contribution in [3.05, 3.63) is 52.0 Å². The van der Waals surface area contributed by atoms with Crippen molar-refractivity contribution in [3.63, 3.8) is 0 Å². The fourth-order valence-electron chi connectivity index (χ4n) is 1.99. The smallest absolute Gasteiger partial charge is 0.191 e. The number of guanidine groups is 1. The Labute approximate surface area is 156 Å². The molecule has 0 bridgehead atoms. The first-order chi connectivity index (χ1) is 10.6. The summed E-state index contributed by atoms with van der Waals surface area (Å²) in [7, 11) is 1.70. The third-order valence-electron chi connectivity index (χ3n) is 3.38. The maximum atomic E-state index is 13.3. The van der Waals surface area contributed by atoms with E-state index in [4.69, 9.17) is 0 Å². The predicted molar refractivity (Wildman–Crippen MR) is 104 cm³/mol. The van der Waals surface area contributed by atoms with Crippen molar-refractivity contribution in [3.8, 4) is 5.75 Å². The summed E-state index contributed by atoms with van der Waals surface area (Å²) in [6.07, 6.45) is 0. The molecule has 2 aromatic rings. The van der Waals surface area contributed by atoms with Gasteiger partial charge in [-0.05, 0) is 46.0 Å². The van der Waals surface area contributed by atoms with Crippen LogP contribution in [0, 0.1) is 5.82 Å². The highest BCUT2D eigenvalue weighted by Crippen LogP contribution is 2.17. The number of phenolic OH excluding ortho intramolecular Hbond substituents is 1. The van der Waals surface area contributed by atoms with Gasteiger partial charge in [0.2, 0.25) is 0 Å². The average Bonchev–Trinajstić information content (AvgIpc) is 3.05. The molecule has 0 amide bonds. The summed E-state index contributed by atoms with van der Waals surface area (Å²) in [6, 6.07) is 6.45. The largest absolute Gasteiger partial charge is 0.505 e. The molecule has 1 atom stereocenters. The molecule has 0 aliphatic carbocycles. The molecule has 0 saturated carbocycles. The van der Waals surface area contributed by atoms with E-state index in [1.54, 1.807) is 24.5 Å². The van der Waals surface area contributed by atoms with Gasteiger partial charge >= 0.3 is 0 Å². The van der Waals surface area contributed by atoms with Gasteiger partial charge in [0.1, 0.15) is 0 Å². The van der Waals surface area contributed by atoms with E-state index in [1.807, 2.05) is 0 Å². The van der Waals surface area contributed by atoms with Crippen LogP contribution in [0.3, 0.4) is 0 Å². The molecule has 1 unspecified atom stereocenters. The van der Waals surface area contributed by atoms with Crippen molar-refractivity contribution in [1.29, 1.82) is 0 Å². The molecule has 0 radical (unpaired) electrons. The number of halogens is 2. The molecule has 1 aromatic heterocycles. The fourth-order valence-corrected chi connectivity index (χ4v) is 2.77. The van der Waals surface area contributed by atoms with Crippen LogP contribution in [-0.2, 0) is 6.54 Å². The number of thiophene rings is 1. The first kappa shape index (κ1) is 19.7. The maximum absolute atomic E-state index is 13.3. The van der Waals surface area contributed by atoms with Crippen LogP contribution >= 0.6 is 35.3 Å². The standard InChI is InChI=1S/C16H20FN3OS.HI/c1-11(13-5-6-22-10-13)8-19-16(18-2)20-9-12-3-4-15(21)14(17)7-12;/h3-7,10-11,21H,8-9H2,1-2H3,(H2,18,19,20);1H. The Balaban J connectivity index is 0.00000264. The zero-order valence-corrected chi connectivity index (χ0v) is 16.2. The number of aromatic hydroxyl groups is 1. The number of phenols is 1. The molecule has 0 aliphatic heterocycles. The Morgan fingerprint density at radius 2 is 2.13 bits per heavy atom. The monoisotopic (exact) mass is 449 g/mol. The summed E-state index contributed by atoms with van der Waals surface area (Å²) in [5, 5.41) is 19.8. The van der Waals surface area contributed by atoms with Crippen LogP contribution in [0.2, 0.25) is 0 Å². The molecule has 7 heteroatoms. The number of aliphatic imine (C=N–C) groups is 1. The number of hydrogen-bond acceptors (Lipinski definition) is 3. The van der Waals surface area contributed by atoms with Gasteiger partial charge in [-0.2, -0.15) is 11.3 Å². The van der Waals surface area contributed by atoms with Crippen molar-refractivity contribution in [2.45, 2.75) is 19.4 Å². The first-order valence-electron chi connectivity index (χ1n) is 7.04. The normalized spacial score (nSPS) is 12.4. The molecule has 126 valence electrons. The second-order valence-corrected chi connectivity index (χ2v) is 5.83. The van der Waals surface area contributed by atoms with Crippen molar-refractivity contribution in [1.82, 2.24) is 10.6 Å². The zero-order chi connectivity index (χ0) is 15.9. The van der Waals surface area contributed by atoms with E-state index in [9.17, 15) is 9.50 Å². The molecule has 1 aromatic carbocycles. The number of nitrogens with zero attached hydrogens (tertiary/aromatic N) is 1. The lowest BCUT2D eigenvalue weighted by Gasteiger charge is -2.15. The second kappa shape index (κ2) is 9.71. The van der Waals surface area contributed by atoms with E-state index in [0.717, 1.165) is 12.1 Å². The molecule has 3 N–H and O–H groups in total. The highest BCUT2D eigenvalue weighted by atomic mass is 127. The van der Waals surface area contributed by atoms with Gasteiger partial charge in [-0.3, -0.25) is 4.99 Å². The summed E-state index contributed by atoms with van der Waals surface area (Å²) < 4.78 is 13.3. The molecule has 0 aliphatic rings. The lowest BCUT2D eigenvalue weighted by Crippen LogP contribution is -2.38. The van der Waals surface area contributed by atoms with Crippen LogP contribution in [0.5, 0.6) is 5.75 Å². The minimum atomic E-state index is -0.617. The van der Waals surface area contributed by atoms with E-state index in [2.05, 4.69) is 39.4 Å². The zero-order valence-electron chi connectivity index (χ0n) is 13.0. The fraction of sp³-hybridized carbons (Fsp3) is 0.312. The van der Waals surface area contributed by atoms with Gasteiger partial charge in [0, 0.05) is 20.1 Å². The Kier molecular flexibility index (Phi) is 8.32. The lowest BCUT2D eigenvalue weighted by molar-refractivity contribution is 0.431. The number of nitrogens with one attached hydrogen (secondary N) is 2. The van der Waals surface area contributed by atoms with Crippen LogP contribution in [-0.4, -0.2) is 24.7 Å². The van der Waals surface area contributed by atoms with Gasteiger partial charge in [0.05, 0.1) is 0 Å². The number of hydrogen-bond donors (Lipinski definition) is 3. The van der Waals surface area contributed by atoms with Crippen LogP contribution < -0.4 is 10.6 Å². The van der Waals surface area contributed by atoms with Gasteiger partial charge in [-0.25, -0.2) is 4.39 Å². The van der Waals surface area contributed by atoms with Gasteiger partial charge in [0.15, 0.2) is 17.5 Å². The van der Waals surface area contributed by atoms with E-state index in [0.29, 0.717) is 18.4 Å². The molecular formula is C16H21FIN3OS. The number of benzene rings is 1. The van der Waals surface area contributed by atoms with Crippen molar-refractivity contribution in [2.24, 2.45) is 4.99 Å². The first-order valence-corrected chi connectivity index (χ1v) is 7.98. The molecular weight excluding hydrogens is 428 g/mol. The molecule has 1 heterocycles. The van der Waals surface area contributed by atoms with Crippen LogP contribution in [0.25, 0.3) is 0 Å². The minimum absolute atomic E-state index is 0. The predicted octanol–water partition coefficient (Wildman–Crippen LogP) is 3.68. The maximum Gasteiger partial charge on any atom is 0.191 e. The van der Waals surface area contributed by atoms with Crippen LogP contribution in [0.4, 0.5) is 4.39 Å². The van der Waals surface area contributed by atoms with Gasteiger partial charge in [-0.1, -0.05) is 13.0 Å². The van der Waals surface area contributed by atoms with Crippen LogP contribution in [0.1, 0.15) is 24.0 Å². The van der Waals surface area contributed by atoms with Crippen LogP contribution in [0.15, 0.2) is 40.0 Å². The molecule has 23 heavy (non-hydrogen) atoms. The lowest BCUT2D eigenvalue weighted by atomic mass is 10.1. The van der Waals surface area contributed by atoms with Crippen molar-refractivity contribution in [2.75, 3.05) is 13.6 Å². The topological polar surface area (TPSA) is 56.7 Å². The van der Waals surface area contributed by atoms with E-state index < -0.39 is 5.82 Å². The number of rotatable bonds is 5. The Bertz CT molecular complexity index is 634. The summed E-state index contributed by atoms with van der Waals surface area (Å²) >= 11 is 1.69. The van der Waals surface area contributed by atoms with Crippen molar-refractivity contribution >= 4 is 41.3 Å². The molecule has 4 nitrogen and oxygen atoms in total. The summed E-state index contributed by atoms with van der Waals surface area (Å²) in [5.41, 5.74) is 2.04. The third-order valence-corrected chi connectivity index (χ3v) is 4.09. The van der Waals surface area contributed by atoms with Gasteiger partial charge < -0.3 is 15.7 Å². The minimum Gasteiger partial charge on any atom is -0.505 e. The Hall–Kier alpha value is -1.35. The highest BCUT2D eigenvalue weighted by Gasteiger charge is 2.07. The molecule has 0 fully saturated rings. The molecule has 0 spiro atoms. The van der Waals surface area contributed by atoms with Gasteiger partial charge in [0.25, 0.3) is 0 Å². The quantitative estimate of drug-likeness (QED) is 0.371. The second-order valence-electron chi connectivity index (χ2n) is 5.05. The third kappa shape index (κ3) is 5.98. The Morgan fingerprint density at radius 1 is 1.35 bits per heavy atom. The SMILES string of the molecule is CN=C(NCc1ccc(O)c(F)c1)NCC(C)c1ccsc1.I. The summed E-state index contributed by atoms with van der Waals surface area (Å²) in [5.74, 6) is 0.0932. The molecule has 2 rings (SSSR count). The van der Waals surface area contributed by atoms with E-state index in [1.165, 1.54) is 17.7 Å². The van der Waals surface area contributed by atoms with Gasteiger partial charge in [-0.15, -0.1) is 24.0 Å². The highest BCUT2D eigenvalue weighted by molar-refractivity contribution is 14.0. The molecule has 0 saturated heterocycles. The summed E-state index contributed by atoms with van der Waals surface area (Å²) in [6.45, 7) is 3.35.